The van der Waals surface area contributed by atoms with Gasteiger partial charge >= 0.3 is 0 Å². The van der Waals surface area contributed by atoms with Gasteiger partial charge < -0.3 is 11.1 Å². The van der Waals surface area contributed by atoms with Gasteiger partial charge in [0.25, 0.3) is 10.0 Å². The molecular weight excluding hydrogens is 414 g/mol. The van der Waals surface area contributed by atoms with Gasteiger partial charge in [-0.1, -0.05) is 0 Å². The van der Waals surface area contributed by atoms with Gasteiger partial charge in [-0.05, 0) is 53.7 Å². The van der Waals surface area contributed by atoms with Gasteiger partial charge in [-0.2, -0.15) is 0 Å². The number of carbonyl (C=O) groups is 1. The molecule has 0 radical (unpaired) electrons. The Morgan fingerprint density at radius 3 is 2.59 bits per heavy atom. The molecule has 6 nitrogen and oxygen atoms in total. The molecule has 4 N–H and O–H groups in total. The smallest absolute Gasteiger partial charge is 0.250 e. The van der Waals surface area contributed by atoms with Crippen molar-refractivity contribution in [2.75, 3.05) is 13.1 Å². The molecule has 22 heavy (non-hydrogen) atoms. The van der Waals surface area contributed by atoms with Crippen molar-refractivity contribution in [1.29, 1.82) is 0 Å². The normalized spacial score (nSPS) is 17.4. The van der Waals surface area contributed by atoms with Gasteiger partial charge in [0.2, 0.25) is 5.91 Å². The Hall–Kier alpha value is -0.190. The minimum Gasteiger partial charge on any atom is -0.348 e. The molecule has 1 unspecified atom stereocenters. The van der Waals surface area contributed by atoms with E-state index in [1.807, 2.05) is 6.92 Å². The van der Waals surface area contributed by atoms with Crippen LogP contribution in [0, 0.1) is 5.92 Å². The Bertz CT molecular complexity index is 633. The molecule has 10 heteroatoms. The minimum absolute atomic E-state index is 0. The van der Waals surface area contributed by atoms with Gasteiger partial charge in [-0.15, -0.1) is 23.7 Å². The summed E-state index contributed by atoms with van der Waals surface area (Å²) in [4.78, 5) is 11.9. The van der Waals surface area contributed by atoms with Crippen molar-refractivity contribution in [3.05, 3.63) is 15.9 Å². The Morgan fingerprint density at radius 2 is 2.14 bits per heavy atom. The highest BCUT2D eigenvalue weighted by Gasteiger charge is 2.41. The molecule has 1 aliphatic rings. The average molecular weight is 433 g/mol. The van der Waals surface area contributed by atoms with Crippen LogP contribution >= 0.6 is 39.7 Å². The van der Waals surface area contributed by atoms with E-state index in [-0.39, 0.29) is 29.1 Å². The maximum absolute atomic E-state index is 12.0. The van der Waals surface area contributed by atoms with Crippen LogP contribution in [0.3, 0.4) is 0 Å². The lowest BCUT2D eigenvalue weighted by atomic mass is 9.96. The van der Waals surface area contributed by atoms with E-state index in [4.69, 9.17) is 5.73 Å². The monoisotopic (exact) mass is 431 g/mol. The molecule has 1 aromatic heterocycles. The van der Waals surface area contributed by atoms with Gasteiger partial charge in [0.15, 0.2) is 0 Å². The molecule has 1 aromatic rings. The minimum atomic E-state index is -3.66. The third-order valence-corrected chi connectivity index (χ3v) is 7.08. The van der Waals surface area contributed by atoms with Crippen LogP contribution in [0.4, 0.5) is 0 Å². The van der Waals surface area contributed by atoms with E-state index < -0.39 is 15.6 Å². The maximum Gasteiger partial charge on any atom is 0.250 e. The predicted octanol–water partition coefficient (Wildman–Crippen LogP) is 1.45. The van der Waals surface area contributed by atoms with Crippen molar-refractivity contribution in [1.82, 2.24) is 10.0 Å². The van der Waals surface area contributed by atoms with Crippen molar-refractivity contribution >= 4 is 55.6 Å². The first-order valence-corrected chi connectivity index (χ1v) is 9.62. The van der Waals surface area contributed by atoms with E-state index in [0.29, 0.717) is 12.5 Å². The summed E-state index contributed by atoms with van der Waals surface area (Å²) in [5, 5.41) is 2.84. The van der Waals surface area contributed by atoms with Crippen LogP contribution in [0.1, 0.15) is 19.8 Å². The van der Waals surface area contributed by atoms with Crippen molar-refractivity contribution in [2.45, 2.75) is 29.5 Å². The molecule has 1 atom stereocenters. The van der Waals surface area contributed by atoms with Crippen LogP contribution in [0.25, 0.3) is 0 Å². The molecule has 1 fully saturated rings. The lowest BCUT2D eigenvalue weighted by Crippen LogP contribution is -2.55. The molecule has 1 aliphatic carbocycles. The summed E-state index contributed by atoms with van der Waals surface area (Å²) < 4.78 is 27.2. The zero-order valence-electron chi connectivity index (χ0n) is 12.0. The summed E-state index contributed by atoms with van der Waals surface area (Å²) in [6, 6.07) is 3.14. The number of nitrogens with one attached hydrogen (secondary N) is 2. The standard InChI is InChI=1S/C12H18BrN3O3S2.ClH/c1-12(7-14,8-2-3-8)16-10(17)6-15-21(18,19)11-5-4-9(13)20-11;/h4-5,8,15H,2-3,6-7,14H2,1H3,(H,16,17);1H. The van der Waals surface area contributed by atoms with Crippen molar-refractivity contribution in [2.24, 2.45) is 11.7 Å². The summed E-state index contributed by atoms with van der Waals surface area (Å²) in [6.07, 6.45) is 2.09. The van der Waals surface area contributed by atoms with Crippen LogP contribution < -0.4 is 15.8 Å². The van der Waals surface area contributed by atoms with E-state index in [1.165, 1.54) is 6.07 Å². The second kappa shape index (κ2) is 7.59. The molecule has 126 valence electrons. The van der Waals surface area contributed by atoms with Crippen LogP contribution in [0.15, 0.2) is 20.1 Å². The highest BCUT2D eigenvalue weighted by Crippen LogP contribution is 2.38. The van der Waals surface area contributed by atoms with Gasteiger partial charge in [0.1, 0.15) is 4.21 Å². The summed E-state index contributed by atoms with van der Waals surface area (Å²) in [5.74, 6) is 0.0188. The first-order valence-electron chi connectivity index (χ1n) is 6.53. The zero-order chi connectivity index (χ0) is 15.7. The predicted molar refractivity (Wildman–Crippen MR) is 92.8 cm³/mol. The molecule has 0 aromatic carbocycles. The third-order valence-electron chi connectivity index (χ3n) is 3.56. The molecule has 1 amide bonds. The van der Waals surface area contributed by atoms with E-state index in [1.54, 1.807) is 6.07 Å². The zero-order valence-corrected chi connectivity index (χ0v) is 16.0. The highest BCUT2D eigenvalue weighted by atomic mass is 79.9. The fraction of sp³-hybridized carbons (Fsp3) is 0.583. The molecule has 1 saturated carbocycles. The molecule has 0 spiro atoms. The van der Waals surface area contributed by atoms with E-state index in [2.05, 4.69) is 26.0 Å². The van der Waals surface area contributed by atoms with E-state index >= 15 is 0 Å². The highest BCUT2D eigenvalue weighted by molar-refractivity contribution is 9.11. The molecule has 0 bridgehead atoms. The maximum atomic E-state index is 12.0. The number of hydrogen-bond donors (Lipinski definition) is 3. The molecule has 1 heterocycles. The topological polar surface area (TPSA) is 101 Å². The number of amides is 1. The lowest BCUT2D eigenvalue weighted by molar-refractivity contribution is -0.121. The summed E-state index contributed by atoms with van der Waals surface area (Å²) in [6.45, 7) is 1.95. The number of sulfonamides is 1. The van der Waals surface area contributed by atoms with Gasteiger partial charge in [-0.25, -0.2) is 13.1 Å². The molecule has 2 rings (SSSR count). The van der Waals surface area contributed by atoms with Gasteiger partial charge in [0, 0.05) is 6.54 Å². The fourth-order valence-corrected chi connectivity index (χ4v) is 5.11. The van der Waals surface area contributed by atoms with Gasteiger partial charge in [0.05, 0.1) is 15.9 Å². The van der Waals surface area contributed by atoms with Crippen LogP contribution in [-0.4, -0.2) is 33.0 Å². The first-order chi connectivity index (χ1) is 9.77. The summed E-state index contributed by atoms with van der Waals surface area (Å²) in [7, 11) is -3.66. The Labute approximate surface area is 148 Å². The summed E-state index contributed by atoms with van der Waals surface area (Å²) in [5.41, 5.74) is 5.27. The number of nitrogens with two attached hydrogens (primary N) is 1. The summed E-state index contributed by atoms with van der Waals surface area (Å²) >= 11 is 4.30. The van der Waals surface area contributed by atoms with Crippen LogP contribution in [-0.2, 0) is 14.8 Å². The van der Waals surface area contributed by atoms with E-state index in [0.717, 1.165) is 28.0 Å². The number of halogens is 2. The number of carbonyl (C=O) groups excluding carboxylic acids is 1. The van der Waals surface area contributed by atoms with Crippen molar-refractivity contribution < 1.29 is 13.2 Å². The molecule has 0 aliphatic heterocycles. The second-order valence-electron chi connectivity index (χ2n) is 5.33. The molecule has 0 saturated heterocycles. The lowest BCUT2D eigenvalue weighted by Gasteiger charge is -2.29. The van der Waals surface area contributed by atoms with Crippen molar-refractivity contribution in [3.8, 4) is 0 Å². The fourth-order valence-electron chi connectivity index (χ4n) is 2.08. The number of thiophene rings is 1. The largest absolute Gasteiger partial charge is 0.348 e. The Balaban J connectivity index is 0.00000242. The first kappa shape index (κ1) is 19.9. The second-order valence-corrected chi connectivity index (χ2v) is 9.78. The van der Waals surface area contributed by atoms with Crippen LogP contribution in [0.5, 0.6) is 0 Å². The van der Waals surface area contributed by atoms with Crippen LogP contribution in [0.2, 0.25) is 0 Å². The number of hydrogen-bond acceptors (Lipinski definition) is 5. The SMILES string of the molecule is CC(CN)(NC(=O)CNS(=O)(=O)c1ccc(Br)s1)C1CC1.Cl. The number of rotatable bonds is 7. The van der Waals surface area contributed by atoms with E-state index in [9.17, 15) is 13.2 Å². The quantitative estimate of drug-likeness (QED) is 0.607. The Morgan fingerprint density at radius 1 is 1.50 bits per heavy atom. The van der Waals surface area contributed by atoms with Gasteiger partial charge in [-0.3, -0.25) is 4.79 Å². The van der Waals surface area contributed by atoms with Crippen molar-refractivity contribution in [3.63, 3.8) is 0 Å². The third kappa shape index (κ3) is 4.90. The molecular formula is C12H19BrClN3O3S2. The Kier molecular flexibility index (Phi) is 6.85. The average Bonchev–Trinajstić information content (AvgIpc) is 3.19.